The minimum Gasteiger partial charge on any atom is -0.458 e. The van der Waals surface area contributed by atoms with E-state index in [1.807, 2.05) is 6.07 Å². The molecule has 0 saturated heterocycles. The summed E-state index contributed by atoms with van der Waals surface area (Å²) in [5.41, 5.74) is 7.22. The van der Waals surface area contributed by atoms with Crippen molar-refractivity contribution in [3.63, 3.8) is 0 Å². The van der Waals surface area contributed by atoms with Gasteiger partial charge in [-0.05, 0) is 74.3 Å². The van der Waals surface area contributed by atoms with Crippen molar-refractivity contribution in [2.75, 3.05) is 0 Å². The summed E-state index contributed by atoms with van der Waals surface area (Å²) in [7, 11) is -2.98. The third-order valence-electron chi connectivity index (χ3n) is 12.9. The van der Waals surface area contributed by atoms with Gasteiger partial charge in [0.05, 0.1) is 22.1 Å². The molecule has 300 valence electrons. The van der Waals surface area contributed by atoms with Crippen LogP contribution in [-0.4, -0.2) is 32.2 Å². The third-order valence-corrected chi connectivity index (χ3v) is 17.8. The van der Waals surface area contributed by atoms with E-state index in [2.05, 4.69) is 228 Å². The fourth-order valence-corrected chi connectivity index (χ4v) is 15.1. The number of aromatic nitrogens is 5. The van der Waals surface area contributed by atoms with E-state index < -0.39 is 8.07 Å². The van der Waals surface area contributed by atoms with Crippen molar-refractivity contribution in [1.82, 2.24) is 24.1 Å². The summed E-state index contributed by atoms with van der Waals surface area (Å²) in [6.45, 7) is 0. The predicted octanol–water partition coefficient (Wildman–Crippen LogP) is 10.9. The minimum atomic E-state index is -2.98. The molecule has 0 amide bonds. The molecule has 0 aliphatic carbocycles. The molecule has 0 atom stereocenters. The number of para-hydroxylation sites is 5. The van der Waals surface area contributed by atoms with Gasteiger partial charge in [0, 0.05) is 27.1 Å². The molecule has 0 spiro atoms. The lowest BCUT2D eigenvalue weighted by Gasteiger charge is -2.39. The Bertz CT molecular complexity index is 3680. The standard InChI is InChI=1S/C57H37N5OSi/c1-3-18-38(19-4-1)39-20-17-21-40(36-39)55-58-56(61-47-27-10-7-24-43(47)44-25-8-11-28-48(44)61)60-57(59-55)62-49-29-12-9-26-45(49)46-35-34-42(37-50(46)62)64(41-22-5-2-6-23-41)53-32-15-13-30-51(53)63-52-31-14-16-33-54(52)64/h1-37H. The van der Waals surface area contributed by atoms with E-state index in [1.54, 1.807) is 0 Å². The molecule has 0 fully saturated rings. The van der Waals surface area contributed by atoms with Crippen LogP contribution in [0.25, 0.3) is 78.0 Å². The lowest BCUT2D eigenvalue weighted by molar-refractivity contribution is 0.487. The molecule has 1 aliphatic heterocycles. The number of rotatable bonds is 6. The molecule has 0 saturated carbocycles. The van der Waals surface area contributed by atoms with Crippen LogP contribution in [0.4, 0.5) is 0 Å². The van der Waals surface area contributed by atoms with Gasteiger partial charge in [-0.15, -0.1) is 0 Å². The summed E-state index contributed by atoms with van der Waals surface area (Å²) in [5, 5.41) is 9.49. The summed E-state index contributed by atoms with van der Waals surface area (Å²) in [6.07, 6.45) is 0. The molecular formula is C57H37N5OSi. The highest BCUT2D eigenvalue weighted by atomic mass is 28.3. The summed E-state index contributed by atoms with van der Waals surface area (Å²) in [6, 6.07) is 79.9. The van der Waals surface area contributed by atoms with Crippen LogP contribution in [0.3, 0.4) is 0 Å². The van der Waals surface area contributed by atoms with Gasteiger partial charge in [-0.1, -0.05) is 182 Å². The Morgan fingerprint density at radius 2 is 0.797 bits per heavy atom. The highest BCUT2D eigenvalue weighted by Gasteiger charge is 2.48. The Hall–Kier alpha value is -8.39. The monoisotopic (exact) mass is 835 g/mol. The van der Waals surface area contributed by atoms with Crippen LogP contribution >= 0.6 is 0 Å². The number of nitrogens with zero attached hydrogens (tertiary/aromatic N) is 5. The van der Waals surface area contributed by atoms with Crippen LogP contribution in [0.2, 0.25) is 0 Å². The van der Waals surface area contributed by atoms with Gasteiger partial charge >= 0.3 is 0 Å². The highest BCUT2D eigenvalue weighted by Crippen LogP contribution is 2.36. The molecule has 0 bridgehead atoms. The number of hydrogen-bond donors (Lipinski definition) is 0. The van der Waals surface area contributed by atoms with Crippen LogP contribution in [0.15, 0.2) is 224 Å². The second kappa shape index (κ2) is 14.3. The maximum Gasteiger partial charge on any atom is 0.240 e. The molecule has 4 heterocycles. The van der Waals surface area contributed by atoms with Crippen molar-refractivity contribution < 1.29 is 4.74 Å². The summed E-state index contributed by atoms with van der Waals surface area (Å²) >= 11 is 0. The summed E-state index contributed by atoms with van der Waals surface area (Å²) < 4.78 is 11.1. The second-order valence-electron chi connectivity index (χ2n) is 16.4. The zero-order valence-electron chi connectivity index (χ0n) is 34.5. The fourth-order valence-electron chi connectivity index (χ4n) is 10.2. The first-order valence-electron chi connectivity index (χ1n) is 21.6. The number of benzene rings is 9. The third kappa shape index (κ3) is 5.41. The van der Waals surface area contributed by atoms with E-state index in [0.717, 1.165) is 71.8 Å². The molecular weight excluding hydrogens is 799 g/mol. The highest BCUT2D eigenvalue weighted by molar-refractivity contribution is 7.20. The minimum absolute atomic E-state index is 0.540. The Labute approximate surface area is 370 Å². The van der Waals surface area contributed by atoms with E-state index >= 15 is 0 Å². The molecule has 6 nitrogen and oxygen atoms in total. The lowest BCUT2D eigenvalue weighted by atomic mass is 10.0. The van der Waals surface area contributed by atoms with E-state index in [1.165, 1.54) is 20.7 Å². The Morgan fingerprint density at radius 1 is 0.328 bits per heavy atom. The molecule has 0 radical (unpaired) electrons. The quantitative estimate of drug-likeness (QED) is 0.157. The van der Waals surface area contributed by atoms with Crippen LogP contribution < -0.4 is 25.5 Å². The molecule has 7 heteroatoms. The van der Waals surface area contributed by atoms with Crippen molar-refractivity contribution in [1.29, 1.82) is 0 Å². The number of fused-ring (bicyclic) bond motifs is 8. The van der Waals surface area contributed by atoms with Gasteiger partial charge in [0.2, 0.25) is 11.9 Å². The number of ether oxygens (including phenoxy) is 1. The van der Waals surface area contributed by atoms with Crippen LogP contribution in [-0.2, 0) is 0 Å². The van der Waals surface area contributed by atoms with Crippen molar-refractivity contribution in [3.05, 3.63) is 224 Å². The van der Waals surface area contributed by atoms with Gasteiger partial charge in [-0.2, -0.15) is 15.0 Å². The Balaban J connectivity index is 1.13. The molecule has 0 N–H and O–H groups in total. The SMILES string of the molecule is c1ccc(-c2cccc(-c3nc(-n4c5ccccc5c5ccccc54)nc(-n4c5ccccc5c5ccc([Si]6(c7ccccc7)c7ccccc7Oc7ccccc76)cc54)n3)c2)cc1. The first-order valence-corrected chi connectivity index (χ1v) is 23.6. The molecule has 3 aromatic heterocycles. The zero-order valence-corrected chi connectivity index (χ0v) is 35.5. The molecule has 12 aromatic rings. The first-order chi connectivity index (χ1) is 31.7. The van der Waals surface area contributed by atoms with Gasteiger partial charge in [0.25, 0.3) is 0 Å². The number of hydrogen-bond acceptors (Lipinski definition) is 4. The van der Waals surface area contributed by atoms with Gasteiger partial charge in [0.15, 0.2) is 13.9 Å². The van der Waals surface area contributed by atoms with Crippen molar-refractivity contribution >= 4 is 72.4 Å². The molecule has 13 rings (SSSR count). The van der Waals surface area contributed by atoms with Crippen molar-refractivity contribution in [3.8, 4) is 45.9 Å². The normalized spacial score (nSPS) is 12.9. The van der Waals surface area contributed by atoms with Crippen LogP contribution in [0.5, 0.6) is 11.5 Å². The van der Waals surface area contributed by atoms with E-state index in [4.69, 9.17) is 19.7 Å². The summed E-state index contributed by atoms with van der Waals surface area (Å²) in [4.78, 5) is 16.3. The lowest BCUT2D eigenvalue weighted by Crippen LogP contribution is -2.76. The van der Waals surface area contributed by atoms with Crippen LogP contribution in [0.1, 0.15) is 0 Å². The predicted molar refractivity (Wildman–Crippen MR) is 263 cm³/mol. The first kappa shape index (κ1) is 36.3. The maximum absolute atomic E-state index is 6.71. The Kier molecular flexibility index (Phi) is 8.13. The molecule has 64 heavy (non-hydrogen) atoms. The van der Waals surface area contributed by atoms with Gasteiger partial charge in [-0.3, -0.25) is 9.13 Å². The maximum atomic E-state index is 6.71. The van der Waals surface area contributed by atoms with E-state index in [0.29, 0.717) is 17.7 Å². The smallest absolute Gasteiger partial charge is 0.240 e. The van der Waals surface area contributed by atoms with Gasteiger partial charge in [-0.25, -0.2) is 0 Å². The molecule has 1 aliphatic rings. The topological polar surface area (TPSA) is 57.8 Å². The average molecular weight is 836 g/mol. The zero-order chi connectivity index (χ0) is 42.2. The van der Waals surface area contributed by atoms with Gasteiger partial charge in [0.1, 0.15) is 11.5 Å². The second-order valence-corrected chi connectivity index (χ2v) is 20.1. The van der Waals surface area contributed by atoms with Crippen LogP contribution in [0, 0.1) is 0 Å². The van der Waals surface area contributed by atoms with Gasteiger partial charge < -0.3 is 4.74 Å². The largest absolute Gasteiger partial charge is 0.458 e. The van der Waals surface area contributed by atoms with Crippen molar-refractivity contribution in [2.45, 2.75) is 0 Å². The van der Waals surface area contributed by atoms with Crippen molar-refractivity contribution in [2.24, 2.45) is 0 Å². The van der Waals surface area contributed by atoms with E-state index in [9.17, 15) is 0 Å². The van der Waals surface area contributed by atoms with E-state index in [-0.39, 0.29) is 0 Å². The molecule has 0 unspecified atom stereocenters. The average Bonchev–Trinajstić information content (AvgIpc) is 3.89. The fraction of sp³-hybridized carbons (Fsp3) is 0. The Morgan fingerprint density at radius 3 is 1.41 bits per heavy atom. The molecule has 9 aromatic carbocycles. The summed E-state index contributed by atoms with van der Waals surface area (Å²) in [5.74, 6) is 3.47.